The number of halogens is 1. The first-order valence-corrected chi connectivity index (χ1v) is 12.1. The first-order chi connectivity index (χ1) is 16.6. The summed E-state index contributed by atoms with van der Waals surface area (Å²) in [5.74, 6) is 0. The summed E-state index contributed by atoms with van der Waals surface area (Å²) in [6, 6.07) is 27.7. The topological polar surface area (TPSA) is 7.12 Å². The van der Waals surface area contributed by atoms with Gasteiger partial charge in [0.2, 0.25) is 5.52 Å². The van der Waals surface area contributed by atoms with Crippen molar-refractivity contribution in [3.63, 3.8) is 0 Å². The molecule has 0 atom stereocenters. The maximum Gasteiger partial charge on any atom is 0.212 e. The Morgan fingerprint density at radius 3 is 2.53 bits per heavy atom. The lowest BCUT2D eigenvalue weighted by Crippen LogP contribution is -2.28. The highest BCUT2D eigenvalue weighted by molar-refractivity contribution is 9.10. The van der Waals surface area contributed by atoms with Crippen molar-refractivity contribution in [1.82, 2.24) is 0 Å². The molecule has 0 saturated heterocycles. The summed E-state index contributed by atoms with van der Waals surface area (Å²) in [4.78, 5) is 2.16. The molecule has 3 aromatic carbocycles. The van der Waals surface area contributed by atoms with E-state index in [4.69, 9.17) is 0 Å². The highest BCUT2D eigenvalue weighted by atomic mass is 79.9. The maximum absolute atomic E-state index is 3.56. The van der Waals surface area contributed by atoms with Gasteiger partial charge in [-0.05, 0) is 52.6 Å². The van der Waals surface area contributed by atoms with Gasteiger partial charge < -0.3 is 4.90 Å². The van der Waals surface area contributed by atoms with Gasteiger partial charge in [0.25, 0.3) is 0 Å². The van der Waals surface area contributed by atoms with Gasteiger partial charge in [-0.2, -0.15) is 0 Å². The Balaban J connectivity index is 1.58. The van der Waals surface area contributed by atoms with Gasteiger partial charge in [-0.15, -0.1) is 0 Å². The SMILES string of the molecule is CN1C=C/C(=C/C=C(/C=C/c2cc[n+](C)c3ccccc23)c2ccc(Br)cc2)c2ccccc21. The summed E-state index contributed by atoms with van der Waals surface area (Å²) < 4.78 is 3.23. The number of anilines is 1. The van der Waals surface area contributed by atoms with E-state index in [9.17, 15) is 0 Å². The molecule has 34 heavy (non-hydrogen) atoms. The Bertz CT molecular complexity index is 1470. The van der Waals surface area contributed by atoms with E-state index in [1.807, 2.05) is 0 Å². The number of allylic oxidation sites excluding steroid dienone is 6. The van der Waals surface area contributed by atoms with Crippen molar-refractivity contribution in [3.05, 3.63) is 137 Å². The fourth-order valence-corrected chi connectivity index (χ4v) is 4.58. The number of rotatable bonds is 4. The predicted molar refractivity (Wildman–Crippen MR) is 148 cm³/mol. The summed E-state index contributed by atoms with van der Waals surface area (Å²) in [7, 11) is 4.17. The third-order valence-corrected chi connectivity index (χ3v) is 6.74. The molecule has 0 saturated carbocycles. The van der Waals surface area contributed by atoms with E-state index in [1.165, 1.54) is 38.9 Å². The van der Waals surface area contributed by atoms with Crippen molar-refractivity contribution in [1.29, 1.82) is 0 Å². The van der Waals surface area contributed by atoms with E-state index >= 15 is 0 Å². The van der Waals surface area contributed by atoms with E-state index in [0.29, 0.717) is 0 Å². The van der Waals surface area contributed by atoms with Crippen LogP contribution in [-0.2, 0) is 7.05 Å². The van der Waals surface area contributed by atoms with Gasteiger partial charge in [0.1, 0.15) is 7.05 Å². The van der Waals surface area contributed by atoms with Gasteiger partial charge in [0.15, 0.2) is 6.20 Å². The van der Waals surface area contributed by atoms with Crippen LogP contribution in [0.4, 0.5) is 5.69 Å². The van der Waals surface area contributed by atoms with Crippen molar-refractivity contribution in [2.45, 2.75) is 0 Å². The fraction of sp³-hybridized carbons (Fsp3) is 0.0645. The molecule has 5 rings (SSSR count). The highest BCUT2D eigenvalue weighted by Gasteiger charge is 2.12. The Morgan fingerprint density at radius 2 is 1.68 bits per heavy atom. The van der Waals surface area contributed by atoms with E-state index in [-0.39, 0.29) is 0 Å². The maximum atomic E-state index is 3.56. The molecule has 0 N–H and O–H groups in total. The molecule has 0 spiro atoms. The Labute approximate surface area is 209 Å². The zero-order chi connectivity index (χ0) is 23.5. The molecule has 3 heteroatoms. The van der Waals surface area contributed by atoms with Gasteiger partial charge in [0, 0.05) is 41.1 Å². The molecule has 0 amide bonds. The lowest BCUT2D eigenvalue weighted by molar-refractivity contribution is -0.644. The third kappa shape index (κ3) is 4.52. The van der Waals surface area contributed by atoms with Crippen LogP contribution in [0.1, 0.15) is 16.7 Å². The summed E-state index contributed by atoms with van der Waals surface area (Å²) in [5, 5.41) is 1.24. The molecule has 0 radical (unpaired) electrons. The number of nitrogens with zero attached hydrogens (tertiary/aromatic N) is 2. The van der Waals surface area contributed by atoms with Crippen LogP contribution < -0.4 is 9.47 Å². The molecular formula is C31H26BrN2+. The number of para-hydroxylation sites is 2. The number of aromatic nitrogens is 1. The van der Waals surface area contributed by atoms with Crippen LogP contribution in [0.25, 0.3) is 28.1 Å². The number of fused-ring (bicyclic) bond motifs is 2. The molecule has 1 aliphatic heterocycles. The molecule has 2 nitrogen and oxygen atoms in total. The molecule has 0 aliphatic carbocycles. The van der Waals surface area contributed by atoms with Crippen molar-refractivity contribution in [3.8, 4) is 0 Å². The van der Waals surface area contributed by atoms with Crippen LogP contribution in [0.3, 0.4) is 0 Å². The van der Waals surface area contributed by atoms with E-state index in [2.05, 4.69) is 161 Å². The minimum atomic E-state index is 1.08. The van der Waals surface area contributed by atoms with Crippen molar-refractivity contribution >= 4 is 49.7 Å². The van der Waals surface area contributed by atoms with E-state index in [0.717, 1.165) is 10.0 Å². The van der Waals surface area contributed by atoms with E-state index in [1.54, 1.807) is 0 Å². The molecule has 0 bridgehead atoms. The smallest absolute Gasteiger partial charge is 0.212 e. The lowest BCUT2D eigenvalue weighted by atomic mass is 9.98. The number of pyridine rings is 1. The highest BCUT2D eigenvalue weighted by Crippen LogP contribution is 2.32. The number of hydrogen-bond donors (Lipinski definition) is 0. The lowest BCUT2D eigenvalue weighted by Gasteiger charge is -2.23. The average Bonchev–Trinajstić information content (AvgIpc) is 2.87. The Morgan fingerprint density at radius 1 is 0.912 bits per heavy atom. The van der Waals surface area contributed by atoms with Gasteiger partial charge in [-0.25, -0.2) is 4.57 Å². The number of hydrogen-bond acceptors (Lipinski definition) is 1. The van der Waals surface area contributed by atoms with Gasteiger partial charge in [-0.3, -0.25) is 0 Å². The molecule has 0 unspecified atom stereocenters. The molecule has 4 aromatic rings. The summed E-state index contributed by atoms with van der Waals surface area (Å²) >= 11 is 3.56. The molecule has 166 valence electrons. The average molecular weight is 506 g/mol. The van der Waals surface area contributed by atoms with Crippen molar-refractivity contribution < 1.29 is 4.57 Å². The van der Waals surface area contributed by atoms with Crippen LogP contribution in [0, 0.1) is 0 Å². The zero-order valence-electron chi connectivity index (χ0n) is 19.3. The predicted octanol–water partition coefficient (Wildman–Crippen LogP) is 7.57. The van der Waals surface area contributed by atoms with Gasteiger partial charge in [0.05, 0.1) is 5.39 Å². The van der Waals surface area contributed by atoms with Crippen LogP contribution in [0.5, 0.6) is 0 Å². The monoisotopic (exact) mass is 505 g/mol. The minimum absolute atomic E-state index is 1.08. The van der Waals surface area contributed by atoms with Crippen LogP contribution in [-0.4, -0.2) is 7.05 Å². The first-order valence-electron chi connectivity index (χ1n) is 11.3. The third-order valence-electron chi connectivity index (χ3n) is 6.21. The Kier molecular flexibility index (Phi) is 6.29. The summed E-state index contributed by atoms with van der Waals surface area (Å²) in [6.07, 6.45) is 15.3. The van der Waals surface area contributed by atoms with Crippen LogP contribution >= 0.6 is 15.9 Å². The normalized spacial score (nSPS) is 14.9. The van der Waals surface area contributed by atoms with Crippen molar-refractivity contribution in [2.24, 2.45) is 7.05 Å². The zero-order valence-corrected chi connectivity index (χ0v) is 20.9. The second-order valence-electron chi connectivity index (χ2n) is 8.43. The second kappa shape index (κ2) is 9.66. The number of benzene rings is 3. The molecule has 1 aliphatic rings. The largest absolute Gasteiger partial charge is 0.351 e. The molecule has 2 heterocycles. The van der Waals surface area contributed by atoms with Gasteiger partial charge in [-0.1, -0.05) is 82.7 Å². The quantitative estimate of drug-likeness (QED) is 0.205. The van der Waals surface area contributed by atoms with Crippen LogP contribution in [0.15, 0.2) is 120 Å². The van der Waals surface area contributed by atoms with E-state index < -0.39 is 0 Å². The Hall–Kier alpha value is -3.69. The molecule has 1 aromatic heterocycles. The summed E-state index contributed by atoms with van der Waals surface area (Å²) in [6.45, 7) is 0. The first kappa shape index (κ1) is 22.1. The van der Waals surface area contributed by atoms with Crippen LogP contribution in [0.2, 0.25) is 0 Å². The molecule has 0 fully saturated rings. The van der Waals surface area contributed by atoms with Gasteiger partial charge >= 0.3 is 0 Å². The fourth-order valence-electron chi connectivity index (χ4n) is 4.32. The number of aryl methyl sites for hydroxylation is 1. The standard InChI is InChI=1S/C31H26BrN2/c1-33-21-19-25(28-7-3-5-9-30(28)33)13-11-23(24-15-17-27(32)18-16-24)12-14-26-20-22-34(2)31-10-6-4-8-29(26)31/h3-22H,1-2H3/q+1. The van der Waals surface area contributed by atoms with Crippen molar-refractivity contribution in [2.75, 3.05) is 11.9 Å². The summed E-state index contributed by atoms with van der Waals surface area (Å²) in [5.41, 5.74) is 8.41. The second-order valence-corrected chi connectivity index (χ2v) is 9.34. The minimum Gasteiger partial charge on any atom is -0.351 e. The molecular weight excluding hydrogens is 480 g/mol.